The minimum absolute atomic E-state index is 0.258. The molecular weight excluding hydrogens is 442 g/mol. The van der Waals surface area contributed by atoms with Crippen molar-refractivity contribution in [3.8, 4) is 5.75 Å². The number of aromatic nitrogens is 3. The highest BCUT2D eigenvalue weighted by molar-refractivity contribution is 5.91. The van der Waals surface area contributed by atoms with Crippen LogP contribution < -0.4 is 10.1 Å². The summed E-state index contributed by atoms with van der Waals surface area (Å²) >= 11 is 0. The van der Waals surface area contributed by atoms with Gasteiger partial charge in [0.05, 0.1) is 12.3 Å². The van der Waals surface area contributed by atoms with Gasteiger partial charge in [0.25, 0.3) is 5.91 Å². The van der Waals surface area contributed by atoms with E-state index in [0.29, 0.717) is 6.61 Å². The Morgan fingerprint density at radius 2 is 1.83 bits per heavy atom. The standard InChI is InChI=1S/C27H29N5O3/c1-20(28-27(33)24-8-5-17-34-24)26-30-29-25-13-14-31(15-16-32(25)26)18-21-9-11-23(12-10-21)35-19-22-6-3-2-4-7-22/h2-12,17,20H,13-16,18-19H2,1H3,(H,28,33)/t20-/m0/s1. The van der Waals surface area contributed by atoms with Crippen LogP contribution in [0.5, 0.6) is 5.75 Å². The van der Waals surface area contributed by atoms with E-state index in [1.165, 1.54) is 11.8 Å². The molecule has 0 radical (unpaired) electrons. The lowest BCUT2D eigenvalue weighted by Gasteiger charge is -2.20. The van der Waals surface area contributed by atoms with Crippen LogP contribution in [0, 0.1) is 0 Å². The summed E-state index contributed by atoms with van der Waals surface area (Å²) in [6, 6.07) is 21.6. The SMILES string of the molecule is C[C@H](NC(=O)c1ccco1)c1nnc2n1CCN(Cc1ccc(OCc3ccccc3)cc1)CC2. The Hall–Kier alpha value is -3.91. The molecule has 0 saturated carbocycles. The second kappa shape index (κ2) is 10.6. The van der Waals surface area contributed by atoms with Gasteiger partial charge in [0.1, 0.15) is 18.2 Å². The average Bonchev–Trinajstić information content (AvgIpc) is 3.53. The summed E-state index contributed by atoms with van der Waals surface area (Å²) in [7, 11) is 0. The Morgan fingerprint density at radius 3 is 2.60 bits per heavy atom. The molecule has 0 fully saturated rings. The molecule has 8 heteroatoms. The van der Waals surface area contributed by atoms with Crippen LogP contribution in [0.4, 0.5) is 0 Å². The Labute approximate surface area is 204 Å². The third-order valence-corrected chi connectivity index (χ3v) is 6.21. The van der Waals surface area contributed by atoms with Crippen LogP contribution in [-0.4, -0.2) is 38.7 Å². The monoisotopic (exact) mass is 471 g/mol. The van der Waals surface area contributed by atoms with Gasteiger partial charge < -0.3 is 19.0 Å². The number of nitrogens with one attached hydrogen (secondary N) is 1. The summed E-state index contributed by atoms with van der Waals surface area (Å²) in [5.41, 5.74) is 2.40. The molecule has 2 aromatic heterocycles. The number of nitrogens with zero attached hydrogens (tertiary/aromatic N) is 4. The maximum atomic E-state index is 12.4. The first-order chi connectivity index (χ1) is 17.2. The molecule has 1 atom stereocenters. The largest absolute Gasteiger partial charge is 0.489 e. The lowest BCUT2D eigenvalue weighted by molar-refractivity contribution is 0.0909. The molecule has 180 valence electrons. The van der Waals surface area contributed by atoms with E-state index in [2.05, 4.69) is 49.2 Å². The summed E-state index contributed by atoms with van der Waals surface area (Å²) in [5.74, 6) is 2.62. The van der Waals surface area contributed by atoms with Crippen molar-refractivity contribution >= 4 is 5.91 Å². The van der Waals surface area contributed by atoms with E-state index < -0.39 is 0 Å². The number of ether oxygens (including phenoxy) is 1. The quantitative estimate of drug-likeness (QED) is 0.418. The zero-order valence-corrected chi connectivity index (χ0v) is 19.8. The zero-order valence-electron chi connectivity index (χ0n) is 19.8. The van der Waals surface area contributed by atoms with E-state index in [4.69, 9.17) is 9.15 Å². The number of furan rings is 1. The van der Waals surface area contributed by atoms with Crippen molar-refractivity contribution in [1.29, 1.82) is 0 Å². The van der Waals surface area contributed by atoms with E-state index in [1.807, 2.05) is 37.3 Å². The van der Waals surface area contributed by atoms with Gasteiger partial charge in [-0.15, -0.1) is 10.2 Å². The van der Waals surface area contributed by atoms with Gasteiger partial charge in [0.2, 0.25) is 0 Å². The minimum Gasteiger partial charge on any atom is -0.489 e. The second-order valence-electron chi connectivity index (χ2n) is 8.74. The van der Waals surface area contributed by atoms with Crippen molar-refractivity contribution in [2.75, 3.05) is 13.1 Å². The van der Waals surface area contributed by atoms with Gasteiger partial charge in [-0.3, -0.25) is 9.69 Å². The molecule has 0 spiro atoms. The average molecular weight is 472 g/mol. The van der Waals surface area contributed by atoms with Crippen molar-refractivity contribution in [2.24, 2.45) is 0 Å². The smallest absolute Gasteiger partial charge is 0.287 e. The fourth-order valence-electron chi connectivity index (χ4n) is 4.30. The molecule has 1 amide bonds. The van der Waals surface area contributed by atoms with Crippen molar-refractivity contribution in [3.05, 3.63) is 102 Å². The van der Waals surface area contributed by atoms with E-state index in [-0.39, 0.29) is 17.7 Å². The maximum absolute atomic E-state index is 12.4. The van der Waals surface area contributed by atoms with Crippen molar-refractivity contribution < 1.29 is 13.9 Å². The number of carbonyl (C=O) groups is 1. The fraction of sp³-hybridized carbons (Fsp3) is 0.296. The molecule has 3 heterocycles. The minimum atomic E-state index is -0.274. The van der Waals surface area contributed by atoms with Gasteiger partial charge in [0.15, 0.2) is 11.6 Å². The first-order valence-electron chi connectivity index (χ1n) is 11.9. The topological polar surface area (TPSA) is 85.4 Å². The molecule has 1 aliphatic heterocycles. The molecule has 8 nitrogen and oxygen atoms in total. The van der Waals surface area contributed by atoms with Crippen molar-refractivity contribution in [2.45, 2.75) is 39.1 Å². The van der Waals surface area contributed by atoms with E-state index in [0.717, 1.165) is 55.6 Å². The van der Waals surface area contributed by atoms with Crippen LogP contribution in [-0.2, 0) is 26.1 Å². The van der Waals surface area contributed by atoms with Crippen LogP contribution >= 0.6 is 0 Å². The number of benzene rings is 2. The van der Waals surface area contributed by atoms with Gasteiger partial charge in [0, 0.05) is 32.6 Å². The van der Waals surface area contributed by atoms with Gasteiger partial charge in [-0.2, -0.15) is 0 Å². The normalized spacial score (nSPS) is 14.7. The highest BCUT2D eigenvalue weighted by Crippen LogP contribution is 2.19. The van der Waals surface area contributed by atoms with E-state index >= 15 is 0 Å². The Morgan fingerprint density at radius 1 is 1.00 bits per heavy atom. The number of rotatable bonds is 8. The summed E-state index contributed by atoms with van der Waals surface area (Å²) in [6.07, 6.45) is 2.30. The lowest BCUT2D eigenvalue weighted by atomic mass is 10.2. The molecule has 1 aliphatic rings. The molecule has 4 aromatic rings. The lowest BCUT2D eigenvalue weighted by Crippen LogP contribution is -2.30. The molecule has 0 aliphatic carbocycles. The number of amides is 1. The summed E-state index contributed by atoms with van der Waals surface area (Å²) in [5, 5.41) is 11.7. The molecule has 5 rings (SSSR count). The number of hydrogen-bond donors (Lipinski definition) is 1. The molecule has 0 bridgehead atoms. The predicted octanol–water partition coefficient (Wildman–Crippen LogP) is 4.00. The van der Waals surface area contributed by atoms with Crippen molar-refractivity contribution in [3.63, 3.8) is 0 Å². The Bertz CT molecular complexity index is 1240. The first-order valence-corrected chi connectivity index (χ1v) is 11.9. The predicted molar refractivity (Wildman–Crippen MR) is 131 cm³/mol. The molecule has 0 saturated heterocycles. The van der Waals surface area contributed by atoms with Gasteiger partial charge in [-0.25, -0.2) is 0 Å². The Balaban J connectivity index is 1.15. The van der Waals surface area contributed by atoms with Crippen LogP contribution in [0.1, 0.15) is 46.3 Å². The van der Waals surface area contributed by atoms with Crippen LogP contribution in [0.2, 0.25) is 0 Å². The molecular formula is C27H29N5O3. The Kier molecular flexibility index (Phi) is 6.90. The highest BCUT2D eigenvalue weighted by atomic mass is 16.5. The van der Waals surface area contributed by atoms with Crippen LogP contribution in [0.3, 0.4) is 0 Å². The van der Waals surface area contributed by atoms with E-state index in [1.54, 1.807) is 12.1 Å². The van der Waals surface area contributed by atoms with Gasteiger partial charge in [-0.05, 0) is 42.3 Å². The summed E-state index contributed by atoms with van der Waals surface area (Å²) in [6.45, 7) is 5.89. The summed E-state index contributed by atoms with van der Waals surface area (Å²) in [4.78, 5) is 14.8. The third kappa shape index (κ3) is 5.60. The fourth-order valence-corrected chi connectivity index (χ4v) is 4.30. The van der Waals surface area contributed by atoms with Crippen LogP contribution in [0.25, 0.3) is 0 Å². The maximum Gasteiger partial charge on any atom is 0.287 e. The number of carbonyl (C=O) groups excluding carboxylic acids is 1. The zero-order chi connectivity index (χ0) is 24.0. The molecule has 35 heavy (non-hydrogen) atoms. The van der Waals surface area contributed by atoms with Crippen molar-refractivity contribution in [1.82, 2.24) is 25.0 Å². The molecule has 1 N–H and O–H groups in total. The van der Waals surface area contributed by atoms with E-state index in [9.17, 15) is 4.79 Å². The second-order valence-corrected chi connectivity index (χ2v) is 8.74. The first kappa shape index (κ1) is 22.9. The number of hydrogen-bond acceptors (Lipinski definition) is 6. The molecule has 0 unspecified atom stereocenters. The van der Waals surface area contributed by atoms with Gasteiger partial charge in [-0.1, -0.05) is 42.5 Å². The third-order valence-electron chi connectivity index (χ3n) is 6.21. The number of fused-ring (bicyclic) bond motifs is 1. The highest BCUT2D eigenvalue weighted by Gasteiger charge is 2.23. The van der Waals surface area contributed by atoms with Gasteiger partial charge >= 0.3 is 0 Å². The van der Waals surface area contributed by atoms with Crippen LogP contribution in [0.15, 0.2) is 77.4 Å². The molecule has 2 aromatic carbocycles. The summed E-state index contributed by atoms with van der Waals surface area (Å²) < 4.78 is 13.2.